The summed E-state index contributed by atoms with van der Waals surface area (Å²) in [6, 6.07) is 13.6. The molecule has 4 rings (SSSR count). The number of nitrogens with zero attached hydrogens (tertiary/aromatic N) is 2. The van der Waals surface area contributed by atoms with Crippen LogP contribution >= 0.6 is 0 Å². The molecule has 0 aliphatic carbocycles. The number of carboxylic acid groups (broad SMARTS) is 1. The van der Waals surface area contributed by atoms with Crippen molar-refractivity contribution in [2.45, 2.75) is 25.4 Å². The van der Waals surface area contributed by atoms with E-state index in [0.29, 0.717) is 29.6 Å². The molecule has 0 aromatic heterocycles. The molecule has 1 atom stereocenters. The minimum Gasteiger partial charge on any atom is -0.478 e. The van der Waals surface area contributed by atoms with Crippen molar-refractivity contribution in [2.75, 3.05) is 13.3 Å². The van der Waals surface area contributed by atoms with Crippen molar-refractivity contribution in [1.29, 1.82) is 0 Å². The minimum absolute atomic E-state index is 0.00432. The summed E-state index contributed by atoms with van der Waals surface area (Å²) in [5.41, 5.74) is 1.64. The third kappa shape index (κ3) is 5.03. The van der Waals surface area contributed by atoms with E-state index in [-0.39, 0.29) is 32.2 Å². The number of carbonyl (C=O) groups is 4. The Morgan fingerprint density at radius 3 is 2.55 bits per heavy atom. The molecule has 1 fully saturated rings. The molecule has 2 heterocycles. The molecule has 2 aromatic carbocycles. The lowest BCUT2D eigenvalue weighted by Gasteiger charge is -2.27. The summed E-state index contributed by atoms with van der Waals surface area (Å²) in [7, 11) is 0. The maximum atomic E-state index is 13.1. The molecule has 9 heteroatoms. The van der Waals surface area contributed by atoms with Gasteiger partial charge in [-0.15, -0.1) is 0 Å². The van der Waals surface area contributed by atoms with Crippen LogP contribution in [0.25, 0.3) is 0 Å². The fraction of sp³-hybridized carbons (Fsp3) is 0.250. The van der Waals surface area contributed by atoms with Gasteiger partial charge in [-0.25, -0.2) is 4.79 Å². The first kappa shape index (κ1) is 22.1. The molecule has 2 aliphatic rings. The third-order valence-electron chi connectivity index (χ3n) is 5.50. The van der Waals surface area contributed by atoms with Crippen molar-refractivity contribution in [2.24, 2.45) is 0 Å². The van der Waals surface area contributed by atoms with Crippen LogP contribution in [0.4, 0.5) is 0 Å². The van der Waals surface area contributed by atoms with E-state index in [1.807, 2.05) is 30.3 Å². The smallest absolute Gasteiger partial charge is 0.328 e. The van der Waals surface area contributed by atoms with Gasteiger partial charge >= 0.3 is 5.97 Å². The van der Waals surface area contributed by atoms with Crippen molar-refractivity contribution in [3.8, 4) is 11.5 Å². The number of likely N-dealkylation sites (tertiary alicyclic amines) is 1. The normalized spacial score (nSPS) is 17.1. The lowest BCUT2D eigenvalue weighted by Crippen LogP contribution is -2.44. The number of imide groups is 1. The van der Waals surface area contributed by atoms with Crippen LogP contribution in [0.1, 0.15) is 17.5 Å². The van der Waals surface area contributed by atoms with E-state index < -0.39 is 23.8 Å². The Kier molecular flexibility index (Phi) is 6.39. The number of rotatable bonds is 8. The first-order valence-electron chi connectivity index (χ1n) is 10.4. The standard InChI is InChI=1S/C24H22N2O7/c27-21(8-9-23(29)30)26(14-17-6-7-19-20(12-17)33-15-32-19)18-13-22(28)25(24(18)31)11-10-16-4-2-1-3-5-16/h1-9,12,18H,10-11,13-15H2,(H,29,30)/b9-8+. The third-order valence-corrected chi connectivity index (χ3v) is 5.50. The van der Waals surface area contributed by atoms with Gasteiger partial charge in [0.15, 0.2) is 11.5 Å². The molecule has 1 saturated heterocycles. The highest BCUT2D eigenvalue weighted by Gasteiger charge is 2.43. The summed E-state index contributed by atoms with van der Waals surface area (Å²) in [6.07, 6.45) is 1.94. The van der Waals surface area contributed by atoms with Crippen LogP contribution in [0.5, 0.6) is 11.5 Å². The largest absolute Gasteiger partial charge is 0.478 e. The average Bonchev–Trinajstić information content (AvgIpc) is 3.38. The molecular weight excluding hydrogens is 428 g/mol. The van der Waals surface area contributed by atoms with E-state index in [1.165, 1.54) is 9.80 Å². The topological polar surface area (TPSA) is 113 Å². The summed E-state index contributed by atoms with van der Waals surface area (Å²) in [4.78, 5) is 51.9. The van der Waals surface area contributed by atoms with Gasteiger partial charge in [-0.2, -0.15) is 0 Å². The molecule has 2 aliphatic heterocycles. The van der Waals surface area contributed by atoms with Gasteiger partial charge in [-0.1, -0.05) is 36.4 Å². The van der Waals surface area contributed by atoms with E-state index in [4.69, 9.17) is 14.6 Å². The van der Waals surface area contributed by atoms with Crippen LogP contribution < -0.4 is 9.47 Å². The maximum Gasteiger partial charge on any atom is 0.328 e. The Balaban J connectivity index is 1.54. The predicted molar refractivity (Wildman–Crippen MR) is 115 cm³/mol. The molecule has 3 amide bonds. The van der Waals surface area contributed by atoms with Crippen molar-refractivity contribution in [1.82, 2.24) is 9.80 Å². The first-order chi connectivity index (χ1) is 15.9. The van der Waals surface area contributed by atoms with Gasteiger partial charge in [0.2, 0.25) is 18.6 Å². The predicted octanol–water partition coefficient (Wildman–Crippen LogP) is 1.75. The molecule has 0 spiro atoms. The van der Waals surface area contributed by atoms with Crippen molar-refractivity contribution >= 4 is 23.7 Å². The van der Waals surface area contributed by atoms with E-state index in [2.05, 4.69) is 0 Å². The van der Waals surface area contributed by atoms with Gasteiger partial charge in [-0.3, -0.25) is 19.3 Å². The molecule has 0 radical (unpaired) electrons. The molecule has 2 aromatic rings. The van der Waals surface area contributed by atoms with E-state index in [0.717, 1.165) is 11.6 Å². The van der Waals surface area contributed by atoms with Gasteiger partial charge in [0, 0.05) is 25.2 Å². The quantitative estimate of drug-likeness (QED) is 0.482. The van der Waals surface area contributed by atoms with E-state index in [1.54, 1.807) is 18.2 Å². The molecule has 33 heavy (non-hydrogen) atoms. The number of ether oxygens (including phenoxy) is 2. The highest BCUT2D eigenvalue weighted by Crippen LogP contribution is 2.33. The minimum atomic E-state index is -1.29. The van der Waals surface area contributed by atoms with E-state index >= 15 is 0 Å². The fourth-order valence-electron chi connectivity index (χ4n) is 3.85. The number of aliphatic carboxylic acids is 1. The zero-order valence-corrected chi connectivity index (χ0v) is 17.7. The fourth-order valence-corrected chi connectivity index (χ4v) is 3.85. The summed E-state index contributed by atoms with van der Waals surface area (Å²) in [6.45, 7) is 0.291. The molecule has 1 unspecified atom stereocenters. The molecule has 170 valence electrons. The zero-order chi connectivity index (χ0) is 23.4. The Hall–Kier alpha value is -4.14. The molecule has 0 bridgehead atoms. The Labute approximate surface area is 189 Å². The van der Waals surface area contributed by atoms with Gasteiger partial charge in [0.05, 0.1) is 6.42 Å². The summed E-state index contributed by atoms with van der Waals surface area (Å²) in [5.74, 6) is -1.72. The number of hydrogen-bond acceptors (Lipinski definition) is 6. The number of carbonyl (C=O) groups excluding carboxylic acids is 3. The molecule has 9 nitrogen and oxygen atoms in total. The van der Waals surface area contributed by atoms with Gasteiger partial charge < -0.3 is 19.5 Å². The highest BCUT2D eigenvalue weighted by atomic mass is 16.7. The second-order valence-corrected chi connectivity index (χ2v) is 7.66. The van der Waals surface area contributed by atoms with Gasteiger partial charge in [0.1, 0.15) is 6.04 Å². The highest BCUT2D eigenvalue weighted by molar-refractivity contribution is 6.07. The summed E-state index contributed by atoms with van der Waals surface area (Å²) >= 11 is 0. The molecule has 1 N–H and O–H groups in total. The summed E-state index contributed by atoms with van der Waals surface area (Å²) in [5, 5.41) is 8.90. The number of fused-ring (bicyclic) bond motifs is 1. The molecular formula is C24H22N2O7. The zero-order valence-electron chi connectivity index (χ0n) is 17.7. The first-order valence-corrected chi connectivity index (χ1v) is 10.4. The van der Waals surface area contributed by atoms with Crippen LogP contribution in [0, 0.1) is 0 Å². The second kappa shape index (κ2) is 9.56. The van der Waals surface area contributed by atoms with Crippen LogP contribution in [-0.4, -0.2) is 58.0 Å². The summed E-state index contributed by atoms with van der Waals surface area (Å²) < 4.78 is 10.7. The average molecular weight is 450 g/mol. The van der Waals surface area contributed by atoms with Crippen molar-refractivity contribution in [3.05, 3.63) is 71.8 Å². The van der Waals surface area contributed by atoms with Crippen LogP contribution in [0.3, 0.4) is 0 Å². The van der Waals surface area contributed by atoms with Crippen molar-refractivity contribution in [3.63, 3.8) is 0 Å². The molecule has 0 saturated carbocycles. The number of hydrogen-bond donors (Lipinski definition) is 1. The van der Waals surface area contributed by atoms with Crippen LogP contribution in [-0.2, 0) is 32.1 Å². The Morgan fingerprint density at radius 1 is 1.03 bits per heavy atom. The van der Waals surface area contributed by atoms with Gasteiger partial charge in [0.25, 0.3) is 5.91 Å². The van der Waals surface area contributed by atoms with Crippen LogP contribution in [0.15, 0.2) is 60.7 Å². The van der Waals surface area contributed by atoms with Gasteiger partial charge in [-0.05, 0) is 29.7 Å². The lowest BCUT2D eigenvalue weighted by atomic mass is 10.1. The van der Waals surface area contributed by atoms with Crippen molar-refractivity contribution < 1.29 is 33.8 Å². The Morgan fingerprint density at radius 2 is 1.79 bits per heavy atom. The second-order valence-electron chi connectivity index (χ2n) is 7.66. The maximum absolute atomic E-state index is 13.1. The monoisotopic (exact) mass is 450 g/mol. The number of benzene rings is 2. The number of carboxylic acids is 1. The SMILES string of the molecule is O=C(O)/C=C/C(=O)N(Cc1ccc2c(c1)OCO2)C1CC(=O)N(CCc2ccccc2)C1=O. The van der Waals surface area contributed by atoms with E-state index in [9.17, 15) is 19.2 Å². The Bertz CT molecular complexity index is 1110. The van der Waals surface area contributed by atoms with Crippen LogP contribution in [0.2, 0.25) is 0 Å². The number of amides is 3. The lowest BCUT2D eigenvalue weighted by molar-refractivity contribution is -0.143.